The minimum atomic E-state index is 0.274. The molecule has 0 amide bonds. The van der Waals surface area contributed by atoms with Crippen molar-refractivity contribution < 1.29 is 0 Å². The van der Waals surface area contributed by atoms with Gasteiger partial charge >= 0.3 is 0 Å². The first-order chi connectivity index (χ1) is 6.81. The van der Waals surface area contributed by atoms with Crippen molar-refractivity contribution in [2.24, 2.45) is 0 Å². The Kier molecular flexibility index (Phi) is 4.77. The minimum absolute atomic E-state index is 0.274. The molecule has 1 unspecified atom stereocenters. The van der Waals surface area contributed by atoms with Gasteiger partial charge in [-0.3, -0.25) is 0 Å². The van der Waals surface area contributed by atoms with Gasteiger partial charge < -0.3 is 5.32 Å². The zero-order valence-electron chi connectivity index (χ0n) is 8.79. The highest BCUT2D eigenvalue weighted by Gasteiger charge is 2.04. The molecule has 1 rings (SSSR count). The predicted octanol–water partition coefficient (Wildman–Crippen LogP) is 3.25. The van der Waals surface area contributed by atoms with Crippen molar-refractivity contribution in [1.82, 2.24) is 5.32 Å². The van der Waals surface area contributed by atoms with Crippen molar-refractivity contribution in [2.45, 2.75) is 17.9 Å². The van der Waals surface area contributed by atoms with Crippen LogP contribution in [0.2, 0.25) is 0 Å². The van der Waals surface area contributed by atoms with E-state index in [1.54, 1.807) is 11.8 Å². The molecule has 1 N–H and O–H groups in total. The van der Waals surface area contributed by atoms with Crippen molar-refractivity contribution in [3.05, 3.63) is 42.5 Å². The van der Waals surface area contributed by atoms with Gasteiger partial charge in [0.15, 0.2) is 0 Å². The number of benzene rings is 1. The molecule has 1 aromatic carbocycles. The van der Waals surface area contributed by atoms with Crippen LogP contribution in [-0.2, 0) is 0 Å². The van der Waals surface area contributed by atoms with Gasteiger partial charge in [-0.25, -0.2) is 0 Å². The summed E-state index contributed by atoms with van der Waals surface area (Å²) in [6.07, 6.45) is 4.03. The second-order valence-electron chi connectivity index (χ2n) is 3.04. The van der Waals surface area contributed by atoms with E-state index in [2.05, 4.69) is 49.3 Å². The van der Waals surface area contributed by atoms with E-state index in [-0.39, 0.29) is 6.04 Å². The molecule has 14 heavy (non-hydrogen) atoms. The number of hydrogen-bond donors (Lipinski definition) is 1. The molecule has 0 saturated heterocycles. The Bertz CT molecular complexity index is 279. The van der Waals surface area contributed by atoms with Crippen molar-refractivity contribution in [3.63, 3.8) is 0 Å². The molecule has 0 spiro atoms. The maximum Gasteiger partial charge on any atom is 0.0503 e. The fourth-order valence-electron chi connectivity index (χ4n) is 1.37. The molecular weight excluding hydrogens is 190 g/mol. The first-order valence-corrected chi connectivity index (χ1v) is 6.04. The molecule has 0 radical (unpaired) electrons. The fraction of sp³-hybridized carbons (Fsp3) is 0.333. The summed E-state index contributed by atoms with van der Waals surface area (Å²) in [5.41, 5.74) is 1.28. The van der Waals surface area contributed by atoms with Crippen molar-refractivity contribution in [2.75, 3.05) is 12.8 Å². The summed E-state index contributed by atoms with van der Waals surface area (Å²) in [7, 11) is 0. The van der Waals surface area contributed by atoms with E-state index in [4.69, 9.17) is 0 Å². The Morgan fingerprint density at radius 1 is 1.43 bits per heavy atom. The Hall–Kier alpha value is -0.730. The second-order valence-corrected chi connectivity index (χ2v) is 3.92. The lowest BCUT2D eigenvalue weighted by molar-refractivity contribution is 0.649. The molecule has 0 saturated carbocycles. The quantitative estimate of drug-likeness (QED) is 0.587. The van der Waals surface area contributed by atoms with Gasteiger partial charge in [0.05, 0.1) is 6.04 Å². The van der Waals surface area contributed by atoms with Crippen LogP contribution in [0.3, 0.4) is 0 Å². The molecule has 0 fully saturated rings. The van der Waals surface area contributed by atoms with E-state index in [9.17, 15) is 0 Å². The average Bonchev–Trinajstić information content (AvgIpc) is 2.26. The molecule has 0 aliphatic rings. The van der Waals surface area contributed by atoms with Crippen LogP contribution in [0.1, 0.15) is 18.5 Å². The van der Waals surface area contributed by atoms with Gasteiger partial charge in [0.25, 0.3) is 0 Å². The SMILES string of the molecule is C=CC(NCC)c1ccc(SC)cc1. The number of nitrogens with one attached hydrogen (secondary N) is 1. The van der Waals surface area contributed by atoms with Crippen LogP contribution in [0.15, 0.2) is 41.8 Å². The zero-order chi connectivity index (χ0) is 10.4. The van der Waals surface area contributed by atoms with Crippen molar-refractivity contribution in [1.29, 1.82) is 0 Å². The van der Waals surface area contributed by atoms with Gasteiger partial charge in [-0.15, -0.1) is 18.3 Å². The smallest absolute Gasteiger partial charge is 0.0503 e. The van der Waals surface area contributed by atoms with Gasteiger partial charge in [0.2, 0.25) is 0 Å². The number of thioether (sulfide) groups is 1. The van der Waals surface area contributed by atoms with E-state index < -0.39 is 0 Å². The largest absolute Gasteiger partial charge is 0.307 e. The van der Waals surface area contributed by atoms with Crippen molar-refractivity contribution in [3.8, 4) is 0 Å². The highest BCUT2D eigenvalue weighted by molar-refractivity contribution is 7.98. The zero-order valence-corrected chi connectivity index (χ0v) is 9.60. The second kappa shape index (κ2) is 5.89. The highest BCUT2D eigenvalue weighted by atomic mass is 32.2. The maximum absolute atomic E-state index is 3.83. The first-order valence-electron chi connectivity index (χ1n) is 4.81. The Balaban J connectivity index is 2.78. The lowest BCUT2D eigenvalue weighted by Gasteiger charge is -2.13. The standard InChI is InChI=1S/C12H17NS/c1-4-12(13-5-2)10-6-8-11(14-3)9-7-10/h4,6-9,12-13H,1,5H2,2-3H3. The third kappa shape index (κ3) is 2.89. The van der Waals surface area contributed by atoms with Crippen LogP contribution in [0, 0.1) is 0 Å². The molecule has 0 heterocycles. The molecule has 76 valence electrons. The fourth-order valence-corrected chi connectivity index (χ4v) is 1.78. The van der Waals surface area contributed by atoms with Gasteiger partial charge in [0.1, 0.15) is 0 Å². The van der Waals surface area contributed by atoms with Crippen LogP contribution in [0.5, 0.6) is 0 Å². The molecule has 2 heteroatoms. The van der Waals surface area contributed by atoms with Crippen LogP contribution >= 0.6 is 11.8 Å². The minimum Gasteiger partial charge on any atom is -0.307 e. The Labute approximate surface area is 90.6 Å². The third-order valence-electron chi connectivity index (χ3n) is 2.13. The molecule has 0 aliphatic heterocycles. The van der Waals surface area contributed by atoms with Crippen LogP contribution < -0.4 is 5.32 Å². The van der Waals surface area contributed by atoms with E-state index in [1.165, 1.54) is 10.5 Å². The first kappa shape index (κ1) is 11.3. The van der Waals surface area contributed by atoms with E-state index in [1.807, 2.05) is 6.08 Å². The van der Waals surface area contributed by atoms with Crippen LogP contribution in [0.25, 0.3) is 0 Å². The monoisotopic (exact) mass is 207 g/mol. The van der Waals surface area contributed by atoms with E-state index in [0.29, 0.717) is 0 Å². The molecule has 0 aliphatic carbocycles. The molecule has 1 nitrogen and oxygen atoms in total. The molecule has 0 bridgehead atoms. The topological polar surface area (TPSA) is 12.0 Å². The number of rotatable bonds is 5. The van der Waals surface area contributed by atoms with Crippen LogP contribution in [0.4, 0.5) is 0 Å². The molecular formula is C12H17NS. The van der Waals surface area contributed by atoms with Crippen molar-refractivity contribution >= 4 is 11.8 Å². The summed E-state index contributed by atoms with van der Waals surface area (Å²) in [4.78, 5) is 1.30. The van der Waals surface area contributed by atoms with E-state index in [0.717, 1.165) is 6.54 Å². The van der Waals surface area contributed by atoms with Crippen LogP contribution in [-0.4, -0.2) is 12.8 Å². The summed E-state index contributed by atoms with van der Waals surface area (Å²) in [6, 6.07) is 8.87. The average molecular weight is 207 g/mol. The molecule has 1 atom stereocenters. The van der Waals surface area contributed by atoms with Gasteiger partial charge in [-0.2, -0.15) is 0 Å². The summed E-state index contributed by atoms with van der Waals surface area (Å²) < 4.78 is 0. The predicted molar refractivity (Wildman–Crippen MR) is 64.8 cm³/mol. The number of hydrogen-bond acceptors (Lipinski definition) is 2. The summed E-state index contributed by atoms with van der Waals surface area (Å²) in [6.45, 7) is 6.89. The summed E-state index contributed by atoms with van der Waals surface area (Å²) in [5, 5.41) is 3.36. The van der Waals surface area contributed by atoms with Gasteiger partial charge in [-0.05, 0) is 30.5 Å². The number of likely N-dealkylation sites (N-methyl/N-ethyl adjacent to an activating group) is 1. The van der Waals surface area contributed by atoms with Gasteiger partial charge in [0, 0.05) is 4.90 Å². The lowest BCUT2D eigenvalue weighted by Crippen LogP contribution is -2.18. The molecule has 1 aromatic rings. The summed E-state index contributed by atoms with van der Waals surface area (Å²) in [5.74, 6) is 0. The molecule has 0 aromatic heterocycles. The Morgan fingerprint density at radius 3 is 2.50 bits per heavy atom. The normalized spacial score (nSPS) is 12.4. The highest BCUT2D eigenvalue weighted by Crippen LogP contribution is 2.19. The van der Waals surface area contributed by atoms with Gasteiger partial charge in [-0.1, -0.05) is 25.1 Å². The maximum atomic E-state index is 3.83. The lowest BCUT2D eigenvalue weighted by atomic mass is 10.1. The Morgan fingerprint density at radius 2 is 2.07 bits per heavy atom. The van der Waals surface area contributed by atoms with E-state index >= 15 is 0 Å². The third-order valence-corrected chi connectivity index (χ3v) is 2.88. The summed E-state index contributed by atoms with van der Waals surface area (Å²) >= 11 is 1.76.